The van der Waals surface area contributed by atoms with Gasteiger partial charge in [-0.3, -0.25) is 4.98 Å². The maximum absolute atomic E-state index is 4.51. The Morgan fingerprint density at radius 1 is 0.647 bits per heavy atom. The Morgan fingerprint density at radius 3 is 2.00 bits per heavy atom. The zero-order valence-corrected chi connectivity index (χ0v) is 20.2. The first kappa shape index (κ1) is 23.0. The van der Waals surface area contributed by atoms with Crippen LogP contribution in [0.2, 0.25) is 0 Å². The first-order valence-corrected chi connectivity index (χ1v) is 10.3. The third-order valence-electron chi connectivity index (χ3n) is 4.77. The van der Waals surface area contributed by atoms with E-state index in [4.69, 9.17) is 0 Å². The molecule has 6 aromatic rings. The van der Waals surface area contributed by atoms with Gasteiger partial charge >= 0.3 is 0 Å². The van der Waals surface area contributed by atoms with E-state index in [9.17, 15) is 0 Å². The summed E-state index contributed by atoms with van der Waals surface area (Å²) in [5.74, 6) is 0.714. The van der Waals surface area contributed by atoms with E-state index in [0.717, 1.165) is 22.5 Å². The molecule has 34 heavy (non-hydrogen) atoms. The van der Waals surface area contributed by atoms with E-state index in [-0.39, 0.29) is 20.1 Å². The van der Waals surface area contributed by atoms with Crippen molar-refractivity contribution in [2.24, 2.45) is 0 Å². The predicted molar refractivity (Wildman–Crippen MR) is 125 cm³/mol. The van der Waals surface area contributed by atoms with Gasteiger partial charge in [0.25, 0.3) is 0 Å². The van der Waals surface area contributed by atoms with E-state index >= 15 is 0 Å². The van der Waals surface area contributed by atoms with Gasteiger partial charge in [0.2, 0.25) is 11.3 Å². The van der Waals surface area contributed by atoms with Gasteiger partial charge < -0.3 is 9.55 Å². The Hall–Kier alpha value is -4.13. The molecule has 0 aliphatic heterocycles. The minimum absolute atomic E-state index is 0. The van der Waals surface area contributed by atoms with Crippen molar-refractivity contribution in [3.05, 3.63) is 115 Å². The fraction of sp³-hybridized carbons (Fsp3) is 0. The molecule has 0 fully saturated rings. The van der Waals surface area contributed by atoms with E-state index in [0.29, 0.717) is 17.1 Å². The molecule has 8 heteroatoms. The number of nitrogens with zero attached hydrogens (tertiary/aromatic N) is 7. The first-order valence-electron chi connectivity index (χ1n) is 10.3. The van der Waals surface area contributed by atoms with Crippen molar-refractivity contribution >= 4 is 11.3 Å². The minimum atomic E-state index is 0. The number of fused-ring (bicyclic) bond motifs is 1. The number of pyridine rings is 1. The third-order valence-corrected chi connectivity index (χ3v) is 4.77. The zero-order chi connectivity index (χ0) is 22.3. The maximum atomic E-state index is 4.51. The molecule has 1 radical (unpaired) electrons. The molecule has 6 rings (SSSR count). The quantitative estimate of drug-likeness (QED) is 0.269. The first-order chi connectivity index (χ1) is 16.4. The van der Waals surface area contributed by atoms with Gasteiger partial charge in [0.1, 0.15) is 0 Å². The Balaban J connectivity index is 0.000000180. The monoisotopic (exact) mass is 620 g/mol. The van der Waals surface area contributed by atoms with Gasteiger partial charge in [-0.05, 0) is 34.3 Å². The van der Waals surface area contributed by atoms with Crippen LogP contribution in [-0.4, -0.2) is 35.2 Å². The second-order valence-electron chi connectivity index (χ2n) is 6.90. The second-order valence-corrected chi connectivity index (χ2v) is 6.90. The largest absolute Gasteiger partial charge is 0.315 e. The molecule has 0 saturated carbocycles. The van der Waals surface area contributed by atoms with Crippen molar-refractivity contribution in [2.75, 3.05) is 0 Å². The fourth-order valence-corrected chi connectivity index (χ4v) is 3.29. The molecular formula is C26H17IrN7-2. The summed E-state index contributed by atoms with van der Waals surface area (Å²) in [6.45, 7) is 0. The van der Waals surface area contributed by atoms with Crippen LogP contribution in [0.3, 0.4) is 0 Å². The molecule has 167 valence electrons. The van der Waals surface area contributed by atoms with Crippen molar-refractivity contribution in [2.45, 2.75) is 0 Å². The van der Waals surface area contributed by atoms with E-state index < -0.39 is 0 Å². The van der Waals surface area contributed by atoms with Crippen molar-refractivity contribution in [1.82, 2.24) is 35.2 Å². The van der Waals surface area contributed by atoms with Crippen LogP contribution >= 0.6 is 0 Å². The molecule has 0 bridgehead atoms. The van der Waals surface area contributed by atoms with Crippen LogP contribution in [0.1, 0.15) is 0 Å². The topological polar surface area (TPSA) is 82.3 Å². The van der Waals surface area contributed by atoms with E-state index in [1.165, 1.54) is 0 Å². The van der Waals surface area contributed by atoms with Gasteiger partial charge in [-0.25, -0.2) is 0 Å². The van der Waals surface area contributed by atoms with E-state index in [1.54, 1.807) is 6.20 Å². The number of hydrogen-bond acceptors (Lipinski definition) is 6. The Bertz CT molecular complexity index is 1400. The van der Waals surface area contributed by atoms with Crippen LogP contribution in [0.25, 0.3) is 39.6 Å². The number of benzene rings is 3. The Kier molecular flexibility index (Phi) is 7.55. The van der Waals surface area contributed by atoms with Crippen molar-refractivity contribution < 1.29 is 20.1 Å². The predicted octanol–water partition coefficient (Wildman–Crippen LogP) is 4.62. The van der Waals surface area contributed by atoms with Gasteiger partial charge in [0.05, 0.1) is 5.82 Å². The van der Waals surface area contributed by atoms with E-state index in [1.807, 2.05) is 102 Å². The molecule has 0 spiro atoms. The van der Waals surface area contributed by atoms with Crippen LogP contribution in [0.15, 0.2) is 103 Å². The van der Waals surface area contributed by atoms with Gasteiger partial charge in [0.15, 0.2) is 0 Å². The summed E-state index contributed by atoms with van der Waals surface area (Å²) in [6, 6.07) is 37.5. The number of imidazole rings is 1. The second kappa shape index (κ2) is 11.1. The maximum Gasteiger partial charge on any atom is 0.214 e. The van der Waals surface area contributed by atoms with Crippen molar-refractivity contribution in [3.63, 3.8) is 0 Å². The molecule has 0 unspecified atom stereocenters. The average Bonchev–Trinajstić information content (AvgIpc) is 3.31. The summed E-state index contributed by atoms with van der Waals surface area (Å²) < 4.78 is 1.91. The van der Waals surface area contributed by atoms with Crippen molar-refractivity contribution in [3.8, 4) is 28.3 Å². The normalized spacial score (nSPS) is 10.1. The number of aromatic nitrogens is 7. The summed E-state index contributed by atoms with van der Waals surface area (Å²) in [5, 5.41) is 15.2. The summed E-state index contributed by atoms with van der Waals surface area (Å²) >= 11 is 0. The molecule has 3 aromatic carbocycles. The molecule has 0 atom stereocenters. The number of rotatable bonds is 3. The fourth-order valence-electron chi connectivity index (χ4n) is 3.29. The van der Waals surface area contributed by atoms with E-state index in [2.05, 4.69) is 42.7 Å². The molecule has 0 aliphatic rings. The summed E-state index contributed by atoms with van der Waals surface area (Å²) in [6.07, 6.45) is 1.79. The van der Waals surface area contributed by atoms with Crippen molar-refractivity contribution in [1.29, 1.82) is 0 Å². The van der Waals surface area contributed by atoms with Gasteiger partial charge in [0, 0.05) is 32.0 Å². The van der Waals surface area contributed by atoms with Gasteiger partial charge in [-0.15, -0.1) is 82.0 Å². The molecule has 0 amide bonds. The summed E-state index contributed by atoms with van der Waals surface area (Å²) in [7, 11) is 0. The molecular weight excluding hydrogens is 603 g/mol. The molecule has 3 aromatic heterocycles. The smallest absolute Gasteiger partial charge is 0.214 e. The van der Waals surface area contributed by atoms with Crippen LogP contribution < -0.4 is 0 Å². The standard InChI is InChI=1S/C15H9N6.C11H8N.Ir/c1-3-7-11(8-4-1)14-16-13-15(18-20-19-17-13)21(14)12-9-5-2-6-10-12;1-2-6-10(7-3-1)11-8-4-5-9-12-11;/h1-7,9-10H;1-6,8-9H;/q2*-1;. The van der Waals surface area contributed by atoms with Crippen LogP contribution in [0, 0.1) is 12.1 Å². The average molecular weight is 620 g/mol. The van der Waals surface area contributed by atoms with Gasteiger partial charge in [-0.2, -0.15) is 0 Å². The van der Waals surface area contributed by atoms with Crippen LogP contribution in [-0.2, 0) is 20.1 Å². The molecule has 0 N–H and O–H groups in total. The van der Waals surface area contributed by atoms with Crippen LogP contribution in [0.5, 0.6) is 0 Å². The zero-order valence-electron chi connectivity index (χ0n) is 17.8. The molecule has 0 saturated heterocycles. The minimum Gasteiger partial charge on any atom is -0.315 e. The van der Waals surface area contributed by atoms with Crippen LogP contribution in [0.4, 0.5) is 0 Å². The molecule has 0 aliphatic carbocycles. The Morgan fingerprint density at radius 2 is 1.32 bits per heavy atom. The molecule has 3 heterocycles. The van der Waals surface area contributed by atoms with Gasteiger partial charge in [-0.1, -0.05) is 30.3 Å². The number of hydrogen-bond donors (Lipinski definition) is 0. The SMILES string of the molecule is [Ir].[c-]1ccccc1-c1ccccn1.[c-]1ccccc1-c1nc2nnnnc2n1-c1ccccc1. The summed E-state index contributed by atoms with van der Waals surface area (Å²) in [5.41, 5.74) is 4.84. The number of para-hydroxylation sites is 1. The summed E-state index contributed by atoms with van der Waals surface area (Å²) in [4.78, 5) is 8.73. The third kappa shape index (κ3) is 5.09. The Labute approximate surface area is 209 Å². The molecule has 7 nitrogen and oxygen atoms in total.